The molecule has 1 atom stereocenters. The van der Waals surface area contributed by atoms with Crippen molar-refractivity contribution in [1.29, 1.82) is 0 Å². The summed E-state index contributed by atoms with van der Waals surface area (Å²) in [6.45, 7) is 3.44. The lowest BCUT2D eigenvalue weighted by Crippen LogP contribution is -1.97. The van der Waals surface area contributed by atoms with E-state index in [9.17, 15) is 13.9 Å². The first kappa shape index (κ1) is 9.86. The van der Waals surface area contributed by atoms with Gasteiger partial charge in [-0.15, -0.1) is 6.58 Å². The minimum atomic E-state index is -0.944. The van der Waals surface area contributed by atoms with Crippen LogP contribution in [0.1, 0.15) is 18.1 Å². The standard InChI is InChI=1S/C10H10F2O/c1-2-3-10(13)7-4-5-8(11)9(12)6-7/h2,4-6,10,13H,1,3H2. The minimum Gasteiger partial charge on any atom is -0.388 e. The van der Waals surface area contributed by atoms with Crippen molar-refractivity contribution in [2.45, 2.75) is 12.5 Å². The van der Waals surface area contributed by atoms with Crippen LogP contribution in [0.5, 0.6) is 0 Å². The van der Waals surface area contributed by atoms with Crippen molar-refractivity contribution in [3.8, 4) is 0 Å². The number of hydrogen-bond acceptors (Lipinski definition) is 1. The van der Waals surface area contributed by atoms with Crippen LogP contribution >= 0.6 is 0 Å². The summed E-state index contributed by atoms with van der Waals surface area (Å²) in [4.78, 5) is 0. The fourth-order valence-corrected chi connectivity index (χ4v) is 1.01. The molecule has 0 spiro atoms. The predicted molar refractivity (Wildman–Crippen MR) is 46.1 cm³/mol. The molecule has 0 saturated carbocycles. The largest absolute Gasteiger partial charge is 0.388 e. The molecule has 1 unspecified atom stereocenters. The maximum atomic E-state index is 12.7. The van der Waals surface area contributed by atoms with E-state index >= 15 is 0 Å². The molecule has 1 N–H and O–H groups in total. The summed E-state index contributed by atoms with van der Waals surface area (Å²) in [7, 11) is 0. The number of halogens is 2. The van der Waals surface area contributed by atoms with Gasteiger partial charge in [-0.3, -0.25) is 0 Å². The average Bonchev–Trinajstić information content (AvgIpc) is 2.10. The van der Waals surface area contributed by atoms with E-state index in [0.717, 1.165) is 12.1 Å². The monoisotopic (exact) mass is 184 g/mol. The number of aliphatic hydroxyl groups is 1. The van der Waals surface area contributed by atoms with Gasteiger partial charge in [-0.1, -0.05) is 12.1 Å². The Labute approximate surface area is 75.3 Å². The maximum absolute atomic E-state index is 12.7. The number of hydrogen-bond donors (Lipinski definition) is 1. The fraction of sp³-hybridized carbons (Fsp3) is 0.200. The van der Waals surface area contributed by atoms with Gasteiger partial charge in [0.2, 0.25) is 0 Å². The molecule has 0 radical (unpaired) electrons. The summed E-state index contributed by atoms with van der Waals surface area (Å²) < 4.78 is 25.1. The van der Waals surface area contributed by atoms with Gasteiger partial charge in [0.1, 0.15) is 0 Å². The second-order valence-electron chi connectivity index (χ2n) is 2.71. The third-order valence-corrected chi connectivity index (χ3v) is 1.72. The molecule has 0 aliphatic heterocycles. The third kappa shape index (κ3) is 2.36. The first-order chi connectivity index (χ1) is 6.15. The van der Waals surface area contributed by atoms with Gasteiger partial charge < -0.3 is 5.11 Å². The van der Waals surface area contributed by atoms with Crippen molar-refractivity contribution in [3.63, 3.8) is 0 Å². The number of rotatable bonds is 3. The summed E-state index contributed by atoms with van der Waals surface area (Å²) in [5, 5.41) is 9.38. The van der Waals surface area contributed by atoms with E-state index in [4.69, 9.17) is 0 Å². The van der Waals surface area contributed by atoms with Gasteiger partial charge in [0, 0.05) is 0 Å². The third-order valence-electron chi connectivity index (χ3n) is 1.72. The zero-order chi connectivity index (χ0) is 9.84. The second kappa shape index (κ2) is 4.14. The van der Waals surface area contributed by atoms with Crippen molar-refractivity contribution in [2.24, 2.45) is 0 Å². The molecule has 3 heteroatoms. The normalized spacial score (nSPS) is 12.5. The summed E-state index contributed by atoms with van der Waals surface area (Å²) in [5.74, 6) is -1.85. The highest BCUT2D eigenvalue weighted by Gasteiger charge is 2.08. The van der Waals surface area contributed by atoms with Crippen LogP contribution in [0.2, 0.25) is 0 Å². The highest BCUT2D eigenvalue weighted by atomic mass is 19.2. The molecule has 0 heterocycles. The SMILES string of the molecule is C=CCC(O)c1ccc(F)c(F)c1. The van der Waals surface area contributed by atoms with Crippen molar-refractivity contribution in [2.75, 3.05) is 0 Å². The molecule has 0 aromatic heterocycles. The Balaban J connectivity index is 2.89. The summed E-state index contributed by atoms with van der Waals surface area (Å²) >= 11 is 0. The van der Waals surface area contributed by atoms with Crippen molar-refractivity contribution in [1.82, 2.24) is 0 Å². The summed E-state index contributed by atoms with van der Waals surface area (Å²) in [6.07, 6.45) is 1.03. The molecule has 0 fully saturated rings. The van der Waals surface area contributed by atoms with E-state index in [1.165, 1.54) is 12.1 Å². The molecule has 0 aliphatic carbocycles. The van der Waals surface area contributed by atoms with E-state index in [-0.39, 0.29) is 0 Å². The van der Waals surface area contributed by atoms with Crippen molar-refractivity contribution >= 4 is 0 Å². The van der Waals surface area contributed by atoms with Crippen LogP contribution in [0.15, 0.2) is 30.9 Å². The molecule has 1 aromatic carbocycles. The zero-order valence-corrected chi connectivity index (χ0v) is 7.00. The van der Waals surface area contributed by atoms with Crippen LogP contribution in [0.3, 0.4) is 0 Å². The van der Waals surface area contributed by atoms with Gasteiger partial charge in [-0.05, 0) is 24.1 Å². The smallest absolute Gasteiger partial charge is 0.159 e. The molecule has 1 aromatic rings. The van der Waals surface area contributed by atoms with E-state index in [1.807, 2.05) is 0 Å². The Morgan fingerprint density at radius 3 is 2.62 bits per heavy atom. The number of aliphatic hydroxyl groups excluding tert-OH is 1. The van der Waals surface area contributed by atoms with Crippen molar-refractivity contribution in [3.05, 3.63) is 48.1 Å². The van der Waals surface area contributed by atoms with E-state index in [2.05, 4.69) is 6.58 Å². The van der Waals surface area contributed by atoms with Gasteiger partial charge in [0.25, 0.3) is 0 Å². The highest BCUT2D eigenvalue weighted by molar-refractivity contribution is 5.20. The number of benzene rings is 1. The average molecular weight is 184 g/mol. The first-order valence-electron chi connectivity index (χ1n) is 3.89. The second-order valence-corrected chi connectivity index (χ2v) is 2.71. The van der Waals surface area contributed by atoms with E-state index in [0.29, 0.717) is 12.0 Å². The van der Waals surface area contributed by atoms with Gasteiger partial charge in [-0.2, -0.15) is 0 Å². The quantitative estimate of drug-likeness (QED) is 0.716. The van der Waals surface area contributed by atoms with E-state index in [1.54, 1.807) is 0 Å². The molecule has 70 valence electrons. The topological polar surface area (TPSA) is 20.2 Å². The molecule has 0 bridgehead atoms. The molecular weight excluding hydrogens is 174 g/mol. The Kier molecular flexibility index (Phi) is 3.14. The van der Waals surface area contributed by atoms with Crippen LogP contribution in [0.25, 0.3) is 0 Å². The lowest BCUT2D eigenvalue weighted by molar-refractivity contribution is 0.181. The lowest BCUT2D eigenvalue weighted by Gasteiger charge is -2.07. The van der Waals surface area contributed by atoms with Crippen molar-refractivity contribution < 1.29 is 13.9 Å². The van der Waals surface area contributed by atoms with Crippen LogP contribution in [-0.4, -0.2) is 5.11 Å². The molecule has 13 heavy (non-hydrogen) atoms. The lowest BCUT2D eigenvalue weighted by atomic mass is 10.1. The van der Waals surface area contributed by atoms with E-state index < -0.39 is 17.7 Å². The molecule has 0 saturated heterocycles. The molecule has 1 rings (SSSR count). The van der Waals surface area contributed by atoms with Gasteiger partial charge >= 0.3 is 0 Å². The Bertz CT molecular complexity index is 310. The highest BCUT2D eigenvalue weighted by Crippen LogP contribution is 2.18. The molecule has 0 amide bonds. The Morgan fingerprint density at radius 1 is 1.38 bits per heavy atom. The maximum Gasteiger partial charge on any atom is 0.159 e. The van der Waals surface area contributed by atoms with Crippen LogP contribution in [0.4, 0.5) is 8.78 Å². The molecule has 0 aliphatic rings. The first-order valence-corrected chi connectivity index (χ1v) is 3.89. The van der Waals surface area contributed by atoms with Crippen LogP contribution in [-0.2, 0) is 0 Å². The zero-order valence-electron chi connectivity index (χ0n) is 7.00. The summed E-state index contributed by atoms with van der Waals surface area (Å²) in [5.41, 5.74) is 0.360. The minimum absolute atomic E-state index is 0.324. The summed E-state index contributed by atoms with van der Waals surface area (Å²) in [6, 6.07) is 3.34. The van der Waals surface area contributed by atoms with Gasteiger partial charge in [0.05, 0.1) is 6.10 Å². The van der Waals surface area contributed by atoms with Gasteiger partial charge in [-0.25, -0.2) is 8.78 Å². The van der Waals surface area contributed by atoms with Crippen LogP contribution in [0, 0.1) is 11.6 Å². The molecular formula is C10H10F2O. The fourth-order valence-electron chi connectivity index (χ4n) is 1.01. The Hall–Kier alpha value is -1.22. The van der Waals surface area contributed by atoms with Gasteiger partial charge in [0.15, 0.2) is 11.6 Å². The van der Waals surface area contributed by atoms with Crippen LogP contribution < -0.4 is 0 Å². The Morgan fingerprint density at radius 2 is 2.08 bits per heavy atom. The molecule has 1 nitrogen and oxygen atoms in total. The predicted octanol–water partition coefficient (Wildman–Crippen LogP) is 2.57.